The minimum absolute atomic E-state index is 0.332. The number of aliphatic hydroxyl groups is 1. The lowest BCUT2D eigenvalue weighted by Crippen LogP contribution is -2.40. The lowest BCUT2D eigenvalue weighted by atomic mass is 10.1. The van der Waals surface area contributed by atoms with Crippen LogP contribution in [0.5, 0.6) is 11.6 Å². The maximum absolute atomic E-state index is 10.6. The number of pyridine rings is 1. The molecule has 5 rings (SSSR count). The van der Waals surface area contributed by atoms with E-state index in [1.807, 2.05) is 41.0 Å². The summed E-state index contributed by atoms with van der Waals surface area (Å²) >= 11 is 5.88. The predicted octanol–water partition coefficient (Wildman–Crippen LogP) is 5.07. The van der Waals surface area contributed by atoms with Crippen LogP contribution in [0, 0.1) is 0 Å². The van der Waals surface area contributed by atoms with E-state index in [0.717, 1.165) is 22.3 Å². The predicted molar refractivity (Wildman–Crippen MR) is 137 cm³/mol. The second-order valence-corrected chi connectivity index (χ2v) is 9.77. The first-order valence-electron chi connectivity index (χ1n) is 11.5. The zero-order chi connectivity index (χ0) is 24.4. The van der Waals surface area contributed by atoms with Crippen molar-refractivity contribution in [1.82, 2.24) is 14.5 Å². The monoisotopic (exact) mass is 493 g/mol. The topological polar surface area (TPSA) is 93.5 Å². The van der Waals surface area contributed by atoms with E-state index >= 15 is 0 Å². The molecule has 0 unspecified atom stereocenters. The van der Waals surface area contributed by atoms with Gasteiger partial charge >= 0.3 is 0 Å². The summed E-state index contributed by atoms with van der Waals surface area (Å²) in [6.45, 7) is 6.00. The lowest BCUT2D eigenvalue weighted by molar-refractivity contribution is 0.0211. The van der Waals surface area contributed by atoms with Crippen LogP contribution in [0.25, 0.3) is 11.0 Å². The Hall–Kier alpha value is -3.33. The molecule has 2 aromatic heterocycles. The van der Waals surface area contributed by atoms with E-state index in [-0.39, 0.29) is 0 Å². The number of aromatic nitrogens is 3. The first-order chi connectivity index (χ1) is 16.8. The number of rotatable bonds is 9. The van der Waals surface area contributed by atoms with Crippen molar-refractivity contribution in [3.8, 4) is 11.6 Å². The summed E-state index contributed by atoms with van der Waals surface area (Å²) in [5, 5.41) is 18.0. The Morgan fingerprint density at radius 2 is 1.94 bits per heavy atom. The molecule has 0 amide bonds. The van der Waals surface area contributed by atoms with Crippen molar-refractivity contribution in [2.75, 3.05) is 23.8 Å². The van der Waals surface area contributed by atoms with Crippen LogP contribution < -0.4 is 15.4 Å². The Labute approximate surface area is 208 Å². The average Bonchev–Trinajstić information content (AvgIpc) is 3.12. The Bertz CT molecular complexity index is 1300. The van der Waals surface area contributed by atoms with Crippen molar-refractivity contribution < 1.29 is 14.6 Å². The van der Waals surface area contributed by atoms with E-state index in [0.29, 0.717) is 54.9 Å². The second-order valence-electron chi connectivity index (χ2n) is 9.33. The molecule has 3 heterocycles. The van der Waals surface area contributed by atoms with E-state index in [9.17, 15) is 5.11 Å². The fourth-order valence-corrected chi connectivity index (χ4v) is 3.96. The summed E-state index contributed by atoms with van der Waals surface area (Å²) in [6.07, 6.45) is 1.55. The smallest absolute Gasteiger partial charge is 0.219 e. The Morgan fingerprint density at radius 3 is 2.60 bits per heavy atom. The third-order valence-electron chi connectivity index (χ3n) is 5.60. The van der Waals surface area contributed by atoms with Crippen molar-refractivity contribution in [2.24, 2.45) is 0 Å². The first-order valence-corrected chi connectivity index (χ1v) is 11.9. The fourth-order valence-electron chi connectivity index (χ4n) is 3.85. The van der Waals surface area contributed by atoms with Gasteiger partial charge in [-0.05, 0) is 55.8 Å². The summed E-state index contributed by atoms with van der Waals surface area (Å²) < 4.78 is 13.1. The molecule has 0 spiro atoms. The van der Waals surface area contributed by atoms with Crippen LogP contribution in [0.15, 0.2) is 60.8 Å². The van der Waals surface area contributed by atoms with Gasteiger partial charge < -0.3 is 29.8 Å². The van der Waals surface area contributed by atoms with Crippen LogP contribution in [0.4, 0.5) is 11.6 Å². The molecule has 3 N–H and O–H groups in total. The molecule has 0 aliphatic carbocycles. The molecule has 9 heteroatoms. The van der Waals surface area contributed by atoms with Crippen LogP contribution in [0.1, 0.15) is 19.4 Å². The summed E-state index contributed by atoms with van der Waals surface area (Å²) in [6, 6.07) is 17.7. The number of fused-ring (bicyclic) bond motifs is 1. The maximum Gasteiger partial charge on any atom is 0.219 e. The molecule has 1 aliphatic rings. The van der Waals surface area contributed by atoms with E-state index < -0.39 is 5.60 Å². The van der Waals surface area contributed by atoms with Gasteiger partial charge in [-0.3, -0.25) is 0 Å². The van der Waals surface area contributed by atoms with Crippen molar-refractivity contribution in [2.45, 2.75) is 38.6 Å². The highest BCUT2D eigenvalue weighted by atomic mass is 35.5. The van der Waals surface area contributed by atoms with Crippen molar-refractivity contribution in [1.29, 1.82) is 0 Å². The molecule has 1 aliphatic heterocycles. The van der Waals surface area contributed by atoms with Crippen LogP contribution >= 0.6 is 11.6 Å². The fraction of sp³-hybridized carbons (Fsp3) is 0.308. The normalized spacial score (nSPS) is 14.1. The maximum atomic E-state index is 10.6. The molecule has 1 saturated heterocycles. The first kappa shape index (κ1) is 23.4. The second kappa shape index (κ2) is 9.73. The number of hydrogen-bond acceptors (Lipinski definition) is 7. The summed E-state index contributed by atoms with van der Waals surface area (Å²) in [5.41, 5.74) is 3.00. The van der Waals surface area contributed by atoms with Gasteiger partial charge in [-0.15, -0.1) is 0 Å². The van der Waals surface area contributed by atoms with Crippen molar-refractivity contribution >= 4 is 34.3 Å². The van der Waals surface area contributed by atoms with Gasteiger partial charge in [0, 0.05) is 24.5 Å². The highest BCUT2D eigenvalue weighted by Gasteiger charge is 2.21. The van der Waals surface area contributed by atoms with Crippen LogP contribution in [-0.4, -0.2) is 44.5 Å². The third-order valence-corrected chi connectivity index (χ3v) is 5.82. The molecule has 4 aromatic rings. The number of benzene rings is 2. The highest BCUT2D eigenvalue weighted by molar-refractivity contribution is 6.30. The number of hydrogen-bond donors (Lipinski definition) is 3. The quantitative estimate of drug-likeness (QED) is 0.299. The van der Waals surface area contributed by atoms with Gasteiger partial charge in [0.2, 0.25) is 11.8 Å². The Morgan fingerprint density at radius 1 is 1.14 bits per heavy atom. The van der Waals surface area contributed by atoms with Gasteiger partial charge in [0.15, 0.2) is 0 Å². The Kier molecular flexibility index (Phi) is 6.51. The van der Waals surface area contributed by atoms with Gasteiger partial charge in [0.05, 0.1) is 47.5 Å². The SMILES string of the molecule is CC(C)(O)Cn1c(NCc2ccc(Oc3ccc(Cl)cn3)cc2)nc2ccc(NC3COC3)cc21. The van der Waals surface area contributed by atoms with Gasteiger partial charge in [-0.1, -0.05) is 23.7 Å². The number of nitrogens with one attached hydrogen (secondary N) is 2. The number of imidazole rings is 1. The van der Waals surface area contributed by atoms with Crippen molar-refractivity contribution in [3.63, 3.8) is 0 Å². The zero-order valence-corrected chi connectivity index (χ0v) is 20.4. The number of halogens is 1. The van der Waals surface area contributed by atoms with E-state index in [1.54, 1.807) is 32.2 Å². The van der Waals surface area contributed by atoms with Crippen LogP contribution in [0.2, 0.25) is 5.02 Å². The van der Waals surface area contributed by atoms with Gasteiger partial charge in [-0.25, -0.2) is 9.97 Å². The van der Waals surface area contributed by atoms with Crippen LogP contribution in [-0.2, 0) is 17.8 Å². The molecule has 35 heavy (non-hydrogen) atoms. The van der Waals surface area contributed by atoms with E-state index in [4.69, 9.17) is 26.1 Å². The number of nitrogens with zero attached hydrogens (tertiary/aromatic N) is 3. The number of ether oxygens (including phenoxy) is 2. The molecule has 0 saturated carbocycles. The van der Waals surface area contributed by atoms with Crippen molar-refractivity contribution in [3.05, 3.63) is 71.4 Å². The highest BCUT2D eigenvalue weighted by Crippen LogP contribution is 2.27. The minimum atomic E-state index is -0.899. The largest absolute Gasteiger partial charge is 0.439 e. The molecular formula is C26H28ClN5O3. The van der Waals surface area contributed by atoms with Gasteiger partial charge in [0.1, 0.15) is 5.75 Å². The summed E-state index contributed by atoms with van der Waals surface area (Å²) in [4.78, 5) is 8.94. The standard InChI is InChI=1S/C26H28ClN5O3/c1-26(2,33)16-32-23-11-19(30-20-14-34-15-20)6-9-22(23)31-25(32)29-12-17-3-7-21(8-4-17)35-24-10-5-18(27)13-28-24/h3-11,13,20,30,33H,12,14-16H2,1-2H3,(H,29,31). The third kappa shape index (κ3) is 5.85. The molecule has 0 atom stereocenters. The molecule has 0 radical (unpaired) electrons. The van der Waals surface area contributed by atoms with E-state index in [1.165, 1.54) is 0 Å². The molecule has 182 valence electrons. The van der Waals surface area contributed by atoms with E-state index in [2.05, 4.69) is 21.7 Å². The molecule has 2 aromatic carbocycles. The molecular weight excluding hydrogens is 466 g/mol. The number of anilines is 2. The minimum Gasteiger partial charge on any atom is -0.439 e. The Balaban J connectivity index is 1.32. The average molecular weight is 494 g/mol. The summed E-state index contributed by atoms with van der Waals surface area (Å²) in [5.74, 6) is 1.88. The zero-order valence-electron chi connectivity index (χ0n) is 19.7. The molecule has 8 nitrogen and oxygen atoms in total. The van der Waals surface area contributed by atoms with Gasteiger partial charge in [0.25, 0.3) is 0 Å². The molecule has 0 bridgehead atoms. The summed E-state index contributed by atoms with van der Waals surface area (Å²) in [7, 11) is 0. The lowest BCUT2D eigenvalue weighted by Gasteiger charge is -2.28. The molecule has 1 fully saturated rings. The van der Waals surface area contributed by atoms with Crippen LogP contribution in [0.3, 0.4) is 0 Å². The van der Waals surface area contributed by atoms with Gasteiger partial charge in [-0.2, -0.15) is 0 Å².